The number of benzene rings is 2. The summed E-state index contributed by atoms with van der Waals surface area (Å²) in [5.41, 5.74) is 3.43. The fraction of sp³-hybridized carbons (Fsp3) is 0.125. The third-order valence-corrected chi connectivity index (χ3v) is 5.13. The zero-order chi connectivity index (χ0) is 23.4. The number of hydrogen-bond donors (Lipinski definition) is 1. The molecule has 1 aromatic heterocycles. The molecule has 8 nitrogen and oxygen atoms in total. The Balaban J connectivity index is 1.63. The molecule has 0 saturated carbocycles. The van der Waals surface area contributed by atoms with Crippen molar-refractivity contribution in [3.05, 3.63) is 96.1 Å². The number of imide groups is 1. The number of nitrogens with zero attached hydrogens (tertiary/aromatic N) is 3. The average Bonchev–Trinajstić information content (AvgIpc) is 3.11. The zero-order valence-corrected chi connectivity index (χ0v) is 17.3. The van der Waals surface area contributed by atoms with Gasteiger partial charge in [-0.2, -0.15) is 0 Å². The first-order chi connectivity index (χ1) is 15.9. The highest BCUT2D eigenvalue weighted by Gasteiger charge is 2.45. The maximum Gasteiger partial charge on any atom is 0.270 e. The molecule has 4 amide bonds. The lowest BCUT2D eigenvalue weighted by atomic mass is 10.1. The highest BCUT2D eigenvalue weighted by Crippen LogP contribution is 2.26. The van der Waals surface area contributed by atoms with Crippen LogP contribution in [0.25, 0.3) is 0 Å². The maximum atomic E-state index is 13.7. The molecule has 0 spiro atoms. The Morgan fingerprint density at radius 3 is 2.45 bits per heavy atom. The molecule has 1 aliphatic heterocycles. The number of carbonyl (C=O) groups excluding carboxylic acids is 4. The van der Waals surface area contributed by atoms with E-state index in [2.05, 4.69) is 10.4 Å². The maximum absolute atomic E-state index is 13.7. The topological polar surface area (TPSA) is 99.7 Å². The normalized spacial score (nSPS) is 15.4. The van der Waals surface area contributed by atoms with Crippen molar-refractivity contribution >= 4 is 29.3 Å². The molecule has 0 bridgehead atoms. The van der Waals surface area contributed by atoms with Crippen molar-refractivity contribution in [1.82, 2.24) is 15.4 Å². The van der Waals surface area contributed by atoms with Gasteiger partial charge >= 0.3 is 0 Å². The van der Waals surface area contributed by atoms with E-state index in [0.29, 0.717) is 5.56 Å². The number of aromatic nitrogens is 1. The third-order valence-electron chi connectivity index (χ3n) is 5.13. The Kier molecular flexibility index (Phi) is 6.21. The second-order valence-corrected chi connectivity index (χ2v) is 7.37. The lowest BCUT2D eigenvalue weighted by Crippen LogP contribution is -2.55. The molecule has 1 aliphatic rings. The van der Waals surface area contributed by atoms with Crippen LogP contribution in [0, 0.1) is 5.82 Å². The van der Waals surface area contributed by atoms with E-state index < -0.39 is 35.5 Å². The van der Waals surface area contributed by atoms with Crippen LogP contribution in [-0.4, -0.2) is 39.7 Å². The number of nitrogens with one attached hydrogen (secondary N) is 1. The monoisotopic (exact) mass is 446 g/mol. The summed E-state index contributed by atoms with van der Waals surface area (Å²) in [6.45, 7) is 0. The van der Waals surface area contributed by atoms with Gasteiger partial charge in [0.25, 0.3) is 11.8 Å². The summed E-state index contributed by atoms with van der Waals surface area (Å²) in [4.78, 5) is 56.5. The Morgan fingerprint density at radius 1 is 1.03 bits per heavy atom. The molecule has 1 unspecified atom stereocenters. The van der Waals surface area contributed by atoms with E-state index in [0.717, 1.165) is 16.0 Å². The van der Waals surface area contributed by atoms with Gasteiger partial charge < -0.3 is 0 Å². The average molecular weight is 446 g/mol. The minimum Gasteiger partial charge on any atom is -0.274 e. The Bertz CT molecular complexity index is 1200. The molecule has 1 saturated heterocycles. The van der Waals surface area contributed by atoms with E-state index in [1.54, 1.807) is 30.3 Å². The smallest absolute Gasteiger partial charge is 0.270 e. The van der Waals surface area contributed by atoms with E-state index in [-0.39, 0.29) is 24.1 Å². The number of hydrazine groups is 1. The number of halogens is 1. The predicted octanol–water partition coefficient (Wildman–Crippen LogP) is 2.27. The van der Waals surface area contributed by atoms with Crippen LogP contribution >= 0.6 is 0 Å². The SMILES string of the molecule is O=C(NN(C(=O)Cc1ccccc1)C1CC(=O)N(c2cccc(F)c2)C1=O)c1ccncc1. The molecular weight excluding hydrogens is 427 g/mol. The molecular formula is C24H19FN4O4. The molecule has 1 atom stereocenters. The van der Waals surface area contributed by atoms with Gasteiger partial charge in [-0.3, -0.25) is 29.6 Å². The van der Waals surface area contributed by atoms with Crippen LogP contribution in [0.4, 0.5) is 10.1 Å². The van der Waals surface area contributed by atoms with Crippen LogP contribution in [0.2, 0.25) is 0 Å². The molecule has 9 heteroatoms. The number of rotatable bonds is 5. The van der Waals surface area contributed by atoms with Gasteiger partial charge in [-0.1, -0.05) is 36.4 Å². The van der Waals surface area contributed by atoms with E-state index in [1.165, 1.54) is 42.7 Å². The van der Waals surface area contributed by atoms with Crippen LogP contribution in [-0.2, 0) is 20.8 Å². The standard InChI is InChI=1S/C24H19FN4O4/c25-18-7-4-8-19(14-18)28-21(30)15-20(24(28)33)29(22(31)13-16-5-2-1-3-6-16)27-23(32)17-9-11-26-12-10-17/h1-12,14,20H,13,15H2,(H,27,32). The van der Waals surface area contributed by atoms with Crippen LogP contribution in [0.15, 0.2) is 79.1 Å². The third kappa shape index (κ3) is 4.77. The molecule has 1 N–H and O–H groups in total. The highest BCUT2D eigenvalue weighted by atomic mass is 19.1. The molecule has 166 valence electrons. The summed E-state index contributed by atoms with van der Waals surface area (Å²) in [6, 6.07) is 15.5. The molecule has 1 fully saturated rings. The van der Waals surface area contributed by atoms with Gasteiger partial charge in [0.1, 0.15) is 11.9 Å². The van der Waals surface area contributed by atoms with Crippen molar-refractivity contribution in [2.24, 2.45) is 0 Å². The number of carbonyl (C=O) groups is 4. The van der Waals surface area contributed by atoms with Gasteiger partial charge in [-0.05, 0) is 35.9 Å². The van der Waals surface area contributed by atoms with Gasteiger partial charge in [-0.25, -0.2) is 14.3 Å². The summed E-state index contributed by atoms with van der Waals surface area (Å²) in [5, 5.41) is 0.898. The van der Waals surface area contributed by atoms with Crippen LogP contribution in [0.5, 0.6) is 0 Å². The molecule has 2 aromatic carbocycles. The van der Waals surface area contributed by atoms with Crippen LogP contribution < -0.4 is 10.3 Å². The van der Waals surface area contributed by atoms with E-state index in [9.17, 15) is 23.6 Å². The van der Waals surface area contributed by atoms with Gasteiger partial charge in [0, 0.05) is 18.0 Å². The molecule has 3 aromatic rings. The Labute approximate surface area is 188 Å². The number of hydrogen-bond acceptors (Lipinski definition) is 5. The number of anilines is 1. The lowest BCUT2D eigenvalue weighted by Gasteiger charge is -2.28. The quantitative estimate of drug-likeness (QED) is 0.479. The van der Waals surface area contributed by atoms with Crippen LogP contribution in [0.3, 0.4) is 0 Å². The predicted molar refractivity (Wildman–Crippen MR) is 116 cm³/mol. The van der Waals surface area contributed by atoms with Crippen molar-refractivity contribution in [3.63, 3.8) is 0 Å². The largest absolute Gasteiger partial charge is 0.274 e. The fourth-order valence-electron chi connectivity index (χ4n) is 3.55. The minimum absolute atomic E-state index is 0.0587. The van der Waals surface area contributed by atoms with Gasteiger partial charge in [0.15, 0.2) is 0 Å². The Morgan fingerprint density at radius 2 is 1.76 bits per heavy atom. The highest BCUT2D eigenvalue weighted by molar-refractivity contribution is 6.23. The Hall–Kier alpha value is -4.40. The first kappa shape index (κ1) is 21.8. The van der Waals surface area contributed by atoms with Crippen molar-refractivity contribution in [1.29, 1.82) is 0 Å². The van der Waals surface area contributed by atoms with E-state index >= 15 is 0 Å². The second kappa shape index (κ2) is 9.39. The van der Waals surface area contributed by atoms with E-state index in [1.807, 2.05) is 0 Å². The van der Waals surface area contributed by atoms with Crippen LogP contribution in [0.1, 0.15) is 22.3 Å². The molecule has 33 heavy (non-hydrogen) atoms. The lowest BCUT2D eigenvalue weighted by molar-refractivity contribution is -0.140. The second-order valence-electron chi connectivity index (χ2n) is 7.37. The first-order valence-corrected chi connectivity index (χ1v) is 10.1. The van der Waals surface area contributed by atoms with Gasteiger partial charge in [-0.15, -0.1) is 0 Å². The first-order valence-electron chi connectivity index (χ1n) is 10.1. The number of amides is 4. The molecule has 2 heterocycles. The summed E-state index contributed by atoms with van der Waals surface area (Å²) in [7, 11) is 0. The summed E-state index contributed by atoms with van der Waals surface area (Å²) in [6.07, 6.45) is 2.38. The van der Waals surface area contributed by atoms with Crippen molar-refractivity contribution in [2.75, 3.05) is 4.90 Å². The van der Waals surface area contributed by atoms with Crippen molar-refractivity contribution in [2.45, 2.75) is 18.9 Å². The molecule has 4 rings (SSSR count). The van der Waals surface area contributed by atoms with E-state index in [4.69, 9.17) is 0 Å². The fourth-order valence-corrected chi connectivity index (χ4v) is 3.55. The minimum atomic E-state index is -1.28. The van der Waals surface area contributed by atoms with Crippen molar-refractivity contribution in [3.8, 4) is 0 Å². The number of pyridine rings is 1. The summed E-state index contributed by atoms with van der Waals surface area (Å²) < 4.78 is 13.7. The molecule has 0 radical (unpaired) electrons. The van der Waals surface area contributed by atoms with Crippen molar-refractivity contribution < 1.29 is 23.6 Å². The summed E-state index contributed by atoms with van der Waals surface area (Å²) in [5.74, 6) is -3.16. The van der Waals surface area contributed by atoms with Gasteiger partial charge in [0.2, 0.25) is 11.8 Å². The van der Waals surface area contributed by atoms with Gasteiger partial charge in [0.05, 0.1) is 18.5 Å². The summed E-state index contributed by atoms with van der Waals surface area (Å²) >= 11 is 0. The molecule has 0 aliphatic carbocycles. The zero-order valence-electron chi connectivity index (χ0n) is 17.3.